The van der Waals surface area contributed by atoms with E-state index < -0.39 is 23.9 Å². The van der Waals surface area contributed by atoms with Crippen molar-refractivity contribution in [2.75, 3.05) is 11.1 Å². The van der Waals surface area contributed by atoms with Crippen molar-refractivity contribution in [1.82, 2.24) is 5.32 Å². The molecule has 0 saturated carbocycles. The van der Waals surface area contributed by atoms with Gasteiger partial charge in [-0.05, 0) is 18.2 Å². The molecule has 0 radical (unpaired) electrons. The van der Waals surface area contributed by atoms with E-state index in [4.69, 9.17) is 10.2 Å². The Labute approximate surface area is 122 Å². The van der Waals surface area contributed by atoms with Crippen molar-refractivity contribution in [3.63, 3.8) is 0 Å². The maximum Gasteiger partial charge on any atom is 0.335 e. The molecule has 8 nitrogen and oxygen atoms in total. The van der Waals surface area contributed by atoms with E-state index in [1.807, 2.05) is 0 Å². The number of aromatic carboxylic acids is 2. The maximum atomic E-state index is 11.9. The van der Waals surface area contributed by atoms with Gasteiger partial charge in [0.1, 0.15) is 6.04 Å². The minimum absolute atomic E-state index is 0.0449. The number of benzene rings is 1. The maximum absolute atomic E-state index is 11.9. The first-order valence-corrected chi connectivity index (χ1v) is 6.71. The highest BCUT2D eigenvalue weighted by molar-refractivity contribution is 8.14. The number of carboxylic acids is 2. The molecule has 110 valence electrons. The van der Waals surface area contributed by atoms with E-state index in [0.717, 1.165) is 30.0 Å². The second kappa shape index (κ2) is 5.83. The van der Waals surface area contributed by atoms with E-state index in [0.29, 0.717) is 0 Å². The van der Waals surface area contributed by atoms with Gasteiger partial charge in [-0.15, -0.1) is 0 Å². The molecule has 21 heavy (non-hydrogen) atoms. The number of amides is 2. The summed E-state index contributed by atoms with van der Waals surface area (Å²) in [6, 6.07) is 2.56. The first-order valence-electron chi connectivity index (χ1n) is 5.72. The lowest BCUT2D eigenvalue weighted by molar-refractivity contribution is -0.117. The quantitative estimate of drug-likeness (QED) is 0.647. The van der Waals surface area contributed by atoms with Crippen LogP contribution < -0.4 is 10.6 Å². The second-order valence-electron chi connectivity index (χ2n) is 4.19. The zero-order valence-electron chi connectivity index (χ0n) is 10.5. The highest BCUT2D eigenvalue weighted by Crippen LogP contribution is 2.18. The zero-order chi connectivity index (χ0) is 15.6. The van der Waals surface area contributed by atoms with Gasteiger partial charge in [-0.25, -0.2) is 9.59 Å². The molecule has 2 amide bonds. The smallest absolute Gasteiger partial charge is 0.335 e. The van der Waals surface area contributed by atoms with Crippen LogP contribution in [0.5, 0.6) is 0 Å². The number of anilines is 1. The predicted octanol–water partition coefficient (Wildman–Crippen LogP) is 0.846. The molecule has 2 rings (SSSR count). The van der Waals surface area contributed by atoms with Crippen molar-refractivity contribution in [2.24, 2.45) is 0 Å². The zero-order valence-corrected chi connectivity index (χ0v) is 11.3. The molecule has 1 aromatic rings. The van der Waals surface area contributed by atoms with Crippen molar-refractivity contribution >= 4 is 40.5 Å². The fourth-order valence-electron chi connectivity index (χ4n) is 1.70. The Hall–Kier alpha value is -2.55. The number of nitrogens with one attached hydrogen (secondary N) is 2. The molecule has 9 heteroatoms. The summed E-state index contributed by atoms with van der Waals surface area (Å²) < 4.78 is 0. The molecule has 0 spiro atoms. The Balaban J connectivity index is 2.22. The van der Waals surface area contributed by atoms with Gasteiger partial charge in [0, 0.05) is 11.4 Å². The van der Waals surface area contributed by atoms with Crippen LogP contribution in [-0.2, 0) is 4.79 Å². The third kappa shape index (κ3) is 3.51. The minimum Gasteiger partial charge on any atom is -0.478 e. The SMILES string of the molecule is O=C1NC(C(=O)Nc2cc(C(=O)O)cc(C(=O)O)c2)CS1. The fraction of sp³-hybridized carbons (Fsp3) is 0.167. The molecule has 1 saturated heterocycles. The fourth-order valence-corrected chi connectivity index (χ4v) is 2.48. The van der Waals surface area contributed by atoms with Gasteiger partial charge in [-0.2, -0.15) is 0 Å². The van der Waals surface area contributed by atoms with Gasteiger partial charge in [-0.3, -0.25) is 9.59 Å². The molecule has 0 bridgehead atoms. The van der Waals surface area contributed by atoms with Crippen LogP contribution in [-0.4, -0.2) is 45.1 Å². The van der Waals surface area contributed by atoms with E-state index in [-0.39, 0.29) is 27.8 Å². The van der Waals surface area contributed by atoms with Crippen molar-refractivity contribution in [3.05, 3.63) is 29.3 Å². The van der Waals surface area contributed by atoms with Gasteiger partial charge in [-0.1, -0.05) is 11.8 Å². The summed E-state index contributed by atoms with van der Waals surface area (Å²) in [5.41, 5.74) is -0.464. The van der Waals surface area contributed by atoms with Crippen molar-refractivity contribution in [3.8, 4) is 0 Å². The number of hydrogen-bond acceptors (Lipinski definition) is 5. The Morgan fingerprint density at radius 2 is 1.71 bits per heavy atom. The average molecular weight is 310 g/mol. The molecule has 0 aliphatic carbocycles. The van der Waals surface area contributed by atoms with Crippen molar-refractivity contribution < 1.29 is 29.4 Å². The highest BCUT2D eigenvalue weighted by Gasteiger charge is 2.28. The summed E-state index contributed by atoms with van der Waals surface area (Å²) in [4.78, 5) is 44.8. The summed E-state index contributed by atoms with van der Waals surface area (Å²) in [6.45, 7) is 0. The van der Waals surface area contributed by atoms with Crippen LogP contribution in [0.2, 0.25) is 0 Å². The summed E-state index contributed by atoms with van der Waals surface area (Å²) >= 11 is 0.961. The van der Waals surface area contributed by atoms with E-state index >= 15 is 0 Å². The number of rotatable bonds is 4. The van der Waals surface area contributed by atoms with Crippen molar-refractivity contribution in [1.29, 1.82) is 0 Å². The number of hydrogen-bond donors (Lipinski definition) is 4. The van der Waals surface area contributed by atoms with Crippen LogP contribution in [0.25, 0.3) is 0 Å². The molecule has 1 atom stereocenters. The standard InChI is InChI=1S/C12H10N2O6S/c15-9(8-4-21-12(20)14-8)13-7-2-5(10(16)17)1-6(3-7)11(18)19/h1-3,8H,4H2,(H,13,15)(H,14,20)(H,16,17)(H,18,19). The molecule has 4 N–H and O–H groups in total. The second-order valence-corrected chi connectivity index (χ2v) is 5.19. The van der Waals surface area contributed by atoms with E-state index in [2.05, 4.69) is 10.6 Å². The number of thioether (sulfide) groups is 1. The molecule has 1 aliphatic heterocycles. The van der Waals surface area contributed by atoms with Gasteiger partial charge in [0.2, 0.25) is 5.91 Å². The lowest BCUT2D eigenvalue weighted by Gasteiger charge is -2.11. The lowest BCUT2D eigenvalue weighted by Crippen LogP contribution is -2.38. The van der Waals surface area contributed by atoms with Gasteiger partial charge in [0.05, 0.1) is 11.1 Å². The topological polar surface area (TPSA) is 133 Å². The molecule has 1 fully saturated rings. The van der Waals surface area contributed by atoms with Crippen LogP contribution in [0, 0.1) is 0 Å². The molecule has 1 aromatic carbocycles. The van der Waals surface area contributed by atoms with Crippen LogP contribution in [0.1, 0.15) is 20.7 Å². The van der Waals surface area contributed by atoms with Gasteiger partial charge < -0.3 is 20.8 Å². The van der Waals surface area contributed by atoms with Crippen LogP contribution in [0.4, 0.5) is 10.5 Å². The largest absolute Gasteiger partial charge is 0.478 e. The summed E-state index contributed by atoms with van der Waals surface area (Å²) in [6.07, 6.45) is 0. The Morgan fingerprint density at radius 1 is 1.14 bits per heavy atom. The van der Waals surface area contributed by atoms with Gasteiger partial charge in [0.15, 0.2) is 0 Å². The number of carbonyl (C=O) groups excluding carboxylic acids is 2. The molecule has 1 aliphatic rings. The number of carboxylic acid groups (broad SMARTS) is 2. The first kappa shape index (κ1) is 14.9. The number of carbonyl (C=O) groups is 4. The van der Waals surface area contributed by atoms with Crippen LogP contribution in [0.15, 0.2) is 18.2 Å². The summed E-state index contributed by atoms with van der Waals surface area (Å²) in [7, 11) is 0. The van der Waals surface area contributed by atoms with Gasteiger partial charge >= 0.3 is 11.9 Å². The van der Waals surface area contributed by atoms with E-state index in [9.17, 15) is 19.2 Å². The van der Waals surface area contributed by atoms with Crippen molar-refractivity contribution in [2.45, 2.75) is 6.04 Å². The molecular weight excluding hydrogens is 300 g/mol. The van der Waals surface area contributed by atoms with Gasteiger partial charge in [0.25, 0.3) is 5.24 Å². The predicted molar refractivity (Wildman–Crippen MR) is 73.8 cm³/mol. The Morgan fingerprint density at radius 3 is 2.14 bits per heavy atom. The first-order chi connectivity index (χ1) is 9.86. The summed E-state index contributed by atoms with van der Waals surface area (Å²) in [5, 5.41) is 22.4. The van der Waals surface area contributed by atoms with Crippen LogP contribution in [0.3, 0.4) is 0 Å². The highest BCUT2D eigenvalue weighted by atomic mass is 32.2. The third-order valence-electron chi connectivity index (χ3n) is 2.68. The summed E-state index contributed by atoms with van der Waals surface area (Å²) in [5.74, 6) is -2.89. The normalized spacial score (nSPS) is 17.1. The average Bonchev–Trinajstić information content (AvgIpc) is 2.85. The molecule has 1 heterocycles. The Bertz CT molecular complexity index is 612. The third-order valence-corrected chi connectivity index (χ3v) is 3.56. The minimum atomic E-state index is -1.31. The van der Waals surface area contributed by atoms with Crippen LogP contribution >= 0.6 is 11.8 Å². The van der Waals surface area contributed by atoms with E-state index in [1.54, 1.807) is 0 Å². The molecular formula is C12H10N2O6S. The lowest BCUT2D eigenvalue weighted by atomic mass is 10.1. The molecule has 0 aromatic heterocycles. The Kier molecular flexibility index (Phi) is 4.13. The van der Waals surface area contributed by atoms with E-state index in [1.165, 1.54) is 0 Å². The monoisotopic (exact) mass is 310 g/mol. The molecule has 1 unspecified atom stereocenters.